The van der Waals surface area contributed by atoms with Crippen molar-refractivity contribution >= 4 is 0 Å². The molecule has 2 aromatic rings. The predicted octanol–water partition coefficient (Wildman–Crippen LogP) is 3.68. The van der Waals surface area contributed by atoms with Crippen LogP contribution in [0.4, 0.5) is 4.39 Å². The summed E-state index contributed by atoms with van der Waals surface area (Å²) in [5, 5.41) is 3.41. The summed E-state index contributed by atoms with van der Waals surface area (Å²) in [7, 11) is 0. The Morgan fingerprint density at radius 2 is 1.65 bits per heavy atom. The molecule has 2 rings (SSSR count). The van der Waals surface area contributed by atoms with Gasteiger partial charge in [0, 0.05) is 12.6 Å². The summed E-state index contributed by atoms with van der Waals surface area (Å²) >= 11 is 0. The molecule has 2 heteroatoms. The van der Waals surface area contributed by atoms with Crippen LogP contribution in [0.3, 0.4) is 0 Å². The first-order chi connectivity index (χ1) is 8.25. The van der Waals surface area contributed by atoms with Crippen LogP contribution in [0.15, 0.2) is 54.6 Å². The van der Waals surface area contributed by atoms with Gasteiger partial charge in [0.05, 0.1) is 0 Å². The molecule has 1 atom stereocenters. The number of benzene rings is 2. The second-order valence-corrected chi connectivity index (χ2v) is 4.14. The lowest BCUT2D eigenvalue weighted by Crippen LogP contribution is -2.17. The molecule has 0 aliphatic heterocycles. The largest absolute Gasteiger partial charge is 0.306 e. The number of nitrogens with one attached hydrogen (secondary N) is 1. The quantitative estimate of drug-likeness (QED) is 0.843. The molecule has 2 aromatic carbocycles. The molecular weight excluding hydrogens is 213 g/mol. The van der Waals surface area contributed by atoms with E-state index in [9.17, 15) is 4.39 Å². The summed E-state index contributed by atoms with van der Waals surface area (Å²) in [6.45, 7) is 2.90. The van der Waals surface area contributed by atoms with Crippen LogP contribution in [0, 0.1) is 5.82 Å². The number of hydrogen-bond acceptors (Lipinski definition) is 1. The minimum Gasteiger partial charge on any atom is -0.306 e. The molecule has 17 heavy (non-hydrogen) atoms. The zero-order valence-electron chi connectivity index (χ0n) is 9.86. The Hall–Kier alpha value is -1.67. The smallest absolute Gasteiger partial charge is 0.123 e. The van der Waals surface area contributed by atoms with Crippen molar-refractivity contribution in [2.75, 3.05) is 0 Å². The van der Waals surface area contributed by atoms with E-state index in [1.807, 2.05) is 30.3 Å². The Balaban J connectivity index is 1.93. The first-order valence-corrected chi connectivity index (χ1v) is 5.78. The summed E-state index contributed by atoms with van der Waals surface area (Å²) in [5.74, 6) is -0.191. The van der Waals surface area contributed by atoms with Crippen molar-refractivity contribution < 1.29 is 4.39 Å². The standard InChI is InChI=1S/C15H16FN/c1-12(14-7-9-15(16)10-8-14)17-11-13-5-3-2-4-6-13/h2-10,12,17H,11H2,1H3/t12-/m0/s1. The van der Waals surface area contributed by atoms with Crippen LogP contribution < -0.4 is 5.32 Å². The third-order valence-corrected chi connectivity index (χ3v) is 2.83. The van der Waals surface area contributed by atoms with E-state index < -0.39 is 0 Å². The zero-order valence-corrected chi connectivity index (χ0v) is 9.86. The molecule has 1 N–H and O–H groups in total. The summed E-state index contributed by atoms with van der Waals surface area (Å²) in [6, 6.07) is 17.1. The first kappa shape index (κ1) is 11.8. The third kappa shape index (κ3) is 3.40. The monoisotopic (exact) mass is 229 g/mol. The van der Waals surface area contributed by atoms with Crippen molar-refractivity contribution in [1.29, 1.82) is 0 Å². The van der Waals surface area contributed by atoms with E-state index >= 15 is 0 Å². The molecule has 0 spiro atoms. The van der Waals surface area contributed by atoms with Gasteiger partial charge in [-0.25, -0.2) is 4.39 Å². The summed E-state index contributed by atoms with van der Waals surface area (Å²) in [6.07, 6.45) is 0. The van der Waals surface area contributed by atoms with Crippen molar-refractivity contribution in [3.05, 3.63) is 71.5 Å². The van der Waals surface area contributed by atoms with Gasteiger partial charge in [-0.3, -0.25) is 0 Å². The van der Waals surface area contributed by atoms with Crippen LogP contribution in [0.2, 0.25) is 0 Å². The van der Waals surface area contributed by atoms with Gasteiger partial charge in [-0.2, -0.15) is 0 Å². The van der Waals surface area contributed by atoms with Crippen LogP contribution in [0.5, 0.6) is 0 Å². The highest BCUT2D eigenvalue weighted by Crippen LogP contribution is 2.13. The van der Waals surface area contributed by atoms with E-state index in [1.165, 1.54) is 17.7 Å². The van der Waals surface area contributed by atoms with Gasteiger partial charge in [0.2, 0.25) is 0 Å². The highest BCUT2D eigenvalue weighted by atomic mass is 19.1. The first-order valence-electron chi connectivity index (χ1n) is 5.78. The molecule has 0 aliphatic rings. The van der Waals surface area contributed by atoms with Gasteiger partial charge in [-0.15, -0.1) is 0 Å². The highest BCUT2D eigenvalue weighted by molar-refractivity contribution is 5.20. The molecule has 0 unspecified atom stereocenters. The number of hydrogen-bond donors (Lipinski definition) is 1. The molecule has 0 bridgehead atoms. The molecule has 0 saturated heterocycles. The van der Waals surface area contributed by atoms with Gasteiger partial charge in [-0.1, -0.05) is 42.5 Å². The van der Waals surface area contributed by atoms with Gasteiger partial charge < -0.3 is 5.32 Å². The normalized spacial score (nSPS) is 12.4. The van der Waals surface area contributed by atoms with Gasteiger partial charge in [-0.05, 0) is 30.2 Å². The molecule has 0 heterocycles. The molecule has 88 valence electrons. The van der Waals surface area contributed by atoms with Crippen molar-refractivity contribution in [1.82, 2.24) is 5.32 Å². The van der Waals surface area contributed by atoms with Crippen LogP contribution >= 0.6 is 0 Å². The maximum atomic E-state index is 12.8. The summed E-state index contributed by atoms with van der Waals surface area (Å²) < 4.78 is 12.8. The Bertz CT molecular complexity index is 450. The van der Waals surface area contributed by atoms with E-state index in [1.54, 1.807) is 0 Å². The average molecular weight is 229 g/mol. The molecule has 0 aliphatic carbocycles. The van der Waals surface area contributed by atoms with E-state index in [0.717, 1.165) is 12.1 Å². The average Bonchev–Trinajstić information content (AvgIpc) is 2.38. The summed E-state index contributed by atoms with van der Waals surface area (Å²) in [5.41, 5.74) is 2.35. The van der Waals surface area contributed by atoms with Crippen molar-refractivity contribution in [2.24, 2.45) is 0 Å². The molecule has 0 fully saturated rings. The van der Waals surface area contributed by atoms with Gasteiger partial charge in [0.15, 0.2) is 0 Å². The lowest BCUT2D eigenvalue weighted by molar-refractivity contribution is 0.571. The fraction of sp³-hybridized carbons (Fsp3) is 0.200. The van der Waals surface area contributed by atoms with Gasteiger partial charge >= 0.3 is 0 Å². The van der Waals surface area contributed by atoms with Crippen molar-refractivity contribution in [3.63, 3.8) is 0 Å². The fourth-order valence-electron chi connectivity index (χ4n) is 1.74. The Labute approximate surface area is 101 Å². The van der Waals surface area contributed by atoms with Crippen LogP contribution in [-0.4, -0.2) is 0 Å². The van der Waals surface area contributed by atoms with Crippen LogP contribution in [-0.2, 0) is 6.54 Å². The number of halogens is 1. The molecule has 0 amide bonds. The highest BCUT2D eigenvalue weighted by Gasteiger charge is 2.04. The van der Waals surface area contributed by atoms with E-state index in [4.69, 9.17) is 0 Å². The zero-order chi connectivity index (χ0) is 12.1. The van der Waals surface area contributed by atoms with E-state index in [2.05, 4.69) is 24.4 Å². The maximum absolute atomic E-state index is 12.8. The number of rotatable bonds is 4. The lowest BCUT2D eigenvalue weighted by Gasteiger charge is -2.14. The SMILES string of the molecule is C[C@H](NCc1ccccc1)c1ccc(F)cc1. The van der Waals surface area contributed by atoms with Crippen LogP contribution in [0.1, 0.15) is 24.1 Å². The lowest BCUT2D eigenvalue weighted by atomic mass is 10.1. The molecule has 0 aromatic heterocycles. The van der Waals surface area contributed by atoms with Crippen LogP contribution in [0.25, 0.3) is 0 Å². The topological polar surface area (TPSA) is 12.0 Å². The predicted molar refractivity (Wildman–Crippen MR) is 68.1 cm³/mol. The van der Waals surface area contributed by atoms with E-state index in [-0.39, 0.29) is 11.9 Å². The Morgan fingerprint density at radius 3 is 2.29 bits per heavy atom. The van der Waals surface area contributed by atoms with Gasteiger partial charge in [0.25, 0.3) is 0 Å². The second kappa shape index (κ2) is 5.60. The fourth-order valence-corrected chi connectivity index (χ4v) is 1.74. The molecule has 1 nitrogen and oxygen atoms in total. The van der Waals surface area contributed by atoms with Crippen molar-refractivity contribution in [2.45, 2.75) is 19.5 Å². The minimum absolute atomic E-state index is 0.191. The maximum Gasteiger partial charge on any atom is 0.123 e. The third-order valence-electron chi connectivity index (χ3n) is 2.83. The Morgan fingerprint density at radius 1 is 1.00 bits per heavy atom. The Kier molecular flexibility index (Phi) is 3.89. The second-order valence-electron chi connectivity index (χ2n) is 4.14. The van der Waals surface area contributed by atoms with Gasteiger partial charge in [0.1, 0.15) is 5.82 Å². The molecular formula is C15H16FN. The molecule has 0 saturated carbocycles. The minimum atomic E-state index is -0.191. The summed E-state index contributed by atoms with van der Waals surface area (Å²) in [4.78, 5) is 0. The van der Waals surface area contributed by atoms with E-state index in [0.29, 0.717) is 0 Å². The molecule has 0 radical (unpaired) electrons. The van der Waals surface area contributed by atoms with Crippen molar-refractivity contribution in [3.8, 4) is 0 Å².